The monoisotopic (exact) mass is 382 g/mol. The first-order valence-electron chi connectivity index (χ1n) is 11.6. The summed E-state index contributed by atoms with van der Waals surface area (Å²) in [5.41, 5.74) is 3.00. The molecule has 0 radical (unpaired) electrons. The normalized spacial score (nSPS) is 11.2. The predicted molar refractivity (Wildman–Crippen MR) is 125 cm³/mol. The fourth-order valence-corrected chi connectivity index (χ4v) is 3.67. The number of rotatable bonds is 17. The third-order valence-electron chi connectivity index (χ3n) is 5.56. The van der Waals surface area contributed by atoms with E-state index in [0.717, 1.165) is 29.5 Å². The number of carbonyl (C=O) groups excluding carboxylic acids is 1. The van der Waals surface area contributed by atoms with Gasteiger partial charge in [-0.2, -0.15) is 0 Å². The SMILES string of the molecule is C=Cc1cccc(C(=O)CCCCCCC/C=C\CCCCCCCC)c1C. The number of unbranched alkanes of at least 4 members (excludes halogenated alkanes) is 11. The van der Waals surface area contributed by atoms with Gasteiger partial charge in [0.05, 0.1) is 0 Å². The maximum absolute atomic E-state index is 12.4. The van der Waals surface area contributed by atoms with Crippen molar-refractivity contribution in [2.75, 3.05) is 0 Å². The average molecular weight is 383 g/mol. The lowest BCUT2D eigenvalue weighted by Gasteiger charge is -2.08. The molecule has 1 aromatic carbocycles. The lowest BCUT2D eigenvalue weighted by Crippen LogP contribution is -2.02. The van der Waals surface area contributed by atoms with Gasteiger partial charge in [-0.1, -0.05) is 101 Å². The fraction of sp³-hybridized carbons (Fsp3) is 0.593. The third-order valence-corrected chi connectivity index (χ3v) is 5.56. The highest BCUT2D eigenvalue weighted by Crippen LogP contribution is 2.18. The number of hydrogen-bond acceptors (Lipinski definition) is 1. The Morgan fingerprint density at radius 3 is 2.04 bits per heavy atom. The Morgan fingerprint density at radius 1 is 0.857 bits per heavy atom. The maximum Gasteiger partial charge on any atom is 0.163 e. The van der Waals surface area contributed by atoms with Crippen LogP contribution in [0.5, 0.6) is 0 Å². The molecule has 0 spiro atoms. The van der Waals surface area contributed by atoms with Crippen LogP contribution in [0.15, 0.2) is 36.9 Å². The van der Waals surface area contributed by atoms with Crippen molar-refractivity contribution in [2.45, 2.75) is 104 Å². The van der Waals surface area contributed by atoms with Crippen LogP contribution < -0.4 is 0 Å². The average Bonchev–Trinajstić information content (AvgIpc) is 2.71. The van der Waals surface area contributed by atoms with Crippen molar-refractivity contribution in [2.24, 2.45) is 0 Å². The van der Waals surface area contributed by atoms with Crippen LogP contribution in [0.4, 0.5) is 0 Å². The van der Waals surface area contributed by atoms with Gasteiger partial charge in [0.2, 0.25) is 0 Å². The summed E-state index contributed by atoms with van der Waals surface area (Å²) in [5, 5.41) is 0. The van der Waals surface area contributed by atoms with E-state index in [1.807, 2.05) is 31.2 Å². The zero-order valence-electron chi connectivity index (χ0n) is 18.5. The summed E-state index contributed by atoms with van der Waals surface area (Å²) >= 11 is 0. The highest BCUT2D eigenvalue weighted by atomic mass is 16.1. The summed E-state index contributed by atoms with van der Waals surface area (Å²) in [5.74, 6) is 0.277. The highest BCUT2D eigenvalue weighted by molar-refractivity contribution is 5.98. The number of carbonyl (C=O) groups is 1. The molecule has 0 amide bonds. The Hall–Kier alpha value is -1.63. The van der Waals surface area contributed by atoms with Gasteiger partial charge in [-0.3, -0.25) is 4.79 Å². The molecule has 1 aromatic rings. The molecule has 0 fully saturated rings. The first kappa shape index (κ1) is 24.4. The molecule has 0 aliphatic rings. The van der Waals surface area contributed by atoms with Crippen LogP contribution in [0, 0.1) is 6.92 Å². The van der Waals surface area contributed by atoms with Gasteiger partial charge < -0.3 is 0 Å². The van der Waals surface area contributed by atoms with E-state index in [-0.39, 0.29) is 5.78 Å². The largest absolute Gasteiger partial charge is 0.294 e. The molecule has 0 aliphatic carbocycles. The molecular formula is C27H42O. The third kappa shape index (κ3) is 10.6. The molecular weight excluding hydrogens is 340 g/mol. The van der Waals surface area contributed by atoms with Crippen LogP contribution >= 0.6 is 0 Å². The topological polar surface area (TPSA) is 17.1 Å². The number of ketones is 1. The van der Waals surface area contributed by atoms with Gasteiger partial charge in [0.1, 0.15) is 0 Å². The zero-order valence-corrected chi connectivity index (χ0v) is 18.5. The Labute approximate surface area is 174 Å². The lowest BCUT2D eigenvalue weighted by molar-refractivity contribution is 0.0978. The van der Waals surface area contributed by atoms with Crippen molar-refractivity contribution >= 4 is 11.9 Å². The number of benzene rings is 1. The molecule has 156 valence electrons. The standard InChI is InChI=1S/C27H42O/c1-4-6-7-8-9-10-11-12-13-14-15-16-17-18-19-23-27(28)26-22-20-21-25(5-2)24(26)3/h5,12-13,20-22H,2,4,6-11,14-19,23H2,1,3H3/b13-12-. The Kier molecular flexibility index (Phi) is 14.2. The van der Waals surface area contributed by atoms with Gasteiger partial charge in [-0.15, -0.1) is 0 Å². The minimum atomic E-state index is 0.277. The smallest absolute Gasteiger partial charge is 0.163 e. The molecule has 1 heteroatoms. The van der Waals surface area contributed by atoms with Gasteiger partial charge in [0.15, 0.2) is 5.78 Å². The van der Waals surface area contributed by atoms with Crippen molar-refractivity contribution in [1.82, 2.24) is 0 Å². The molecule has 1 rings (SSSR count). The second-order valence-corrected chi connectivity index (χ2v) is 7.98. The quantitative estimate of drug-likeness (QED) is 0.149. The number of allylic oxidation sites excluding steroid dienone is 2. The Bertz CT molecular complexity index is 582. The van der Waals surface area contributed by atoms with E-state index in [2.05, 4.69) is 25.7 Å². The first-order valence-corrected chi connectivity index (χ1v) is 11.6. The Balaban J connectivity index is 2.00. The van der Waals surface area contributed by atoms with Crippen molar-refractivity contribution in [3.8, 4) is 0 Å². The summed E-state index contributed by atoms with van der Waals surface area (Å²) in [6, 6.07) is 5.92. The minimum absolute atomic E-state index is 0.277. The van der Waals surface area contributed by atoms with E-state index < -0.39 is 0 Å². The van der Waals surface area contributed by atoms with E-state index >= 15 is 0 Å². The summed E-state index contributed by atoms with van der Waals surface area (Å²) in [6.45, 7) is 8.11. The van der Waals surface area contributed by atoms with Crippen LogP contribution in [-0.4, -0.2) is 5.78 Å². The minimum Gasteiger partial charge on any atom is -0.294 e. The summed E-state index contributed by atoms with van der Waals surface area (Å²) in [6.07, 6.45) is 23.9. The van der Waals surface area contributed by atoms with Gasteiger partial charge in [-0.25, -0.2) is 0 Å². The van der Waals surface area contributed by atoms with E-state index in [0.29, 0.717) is 6.42 Å². The van der Waals surface area contributed by atoms with Crippen molar-refractivity contribution in [3.63, 3.8) is 0 Å². The van der Waals surface area contributed by atoms with Crippen LogP contribution in [0.25, 0.3) is 6.08 Å². The highest BCUT2D eigenvalue weighted by Gasteiger charge is 2.10. The zero-order chi connectivity index (χ0) is 20.5. The van der Waals surface area contributed by atoms with Gasteiger partial charge in [-0.05, 0) is 50.2 Å². The molecule has 1 nitrogen and oxygen atoms in total. The fourth-order valence-electron chi connectivity index (χ4n) is 3.67. The molecule has 0 saturated heterocycles. The van der Waals surface area contributed by atoms with Gasteiger partial charge in [0, 0.05) is 12.0 Å². The summed E-state index contributed by atoms with van der Waals surface area (Å²) in [7, 11) is 0. The molecule has 28 heavy (non-hydrogen) atoms. The maximum atomic E-state index is 12.4. The molecule has 0 unspecified atom stereocenters. The predicted octanol–water partition coefficient (Wildman–Crippen LogP) is 8.86. The van der Waals surface area contributed by atoms with Gasteiger partial charge in [0.25, 0.3) is 0 Å². The van der Waals surface area contributed by atoms with Crippen LogP contribution in [-0.2, 0) is 0 Å². The molecule has 0 saturated carbocycles. The second kappa shape index (κ2) is 16.3. The van der Waals surface area contributed by atoms with Crippen LogP contribution in [0.3, 0.4) is 0 Å². The Morgan fingerprint density at radius 2 is 1.43 bits per heavy atom. The first-order chi connectivity index (χ1) is 13.7. The lowest BCUT2D eigenvalue weighted by atomic mass is 9.96. The van der Waals surface area contributed by atoms with Crippen LogP contribution in [0.1, 0.15) is 118 Å². The molecule has 0 aromatic heterocycles. The van der Waals surface area contributed by atoms with Crippen molar-refractivity contribution < 1.29 is 4.79 Å². The molecule has 0 atom stereocenters. The van der Waals surface area contributed by atoms with Crippen molar-refractivity contribution in [3.05, 3.63) is 53.6 Å². The summed E-state index contributed by atoms with van der Waals surface area (Å²) in [4.78, 5) is 12.4. The molecule has 0 bridgehead atoms. The van der Waals surface area contributed by atoms with E-state index in [1.54, 1.807) is 0 Å². The number of hydrogen-bond donors (Lipinski definition) is 0. The van der Waals surface area contributed by atoms with Crippen molar-refractivity contribution in [1.29, 1.82) is 0 Å². The van der Waals surface area contributed by atoms with Gasteiger partial charge >= 0.3 is 0 Å². The molecule has 0 N–H and O–H groups in total. The van der Waals surface area contributed by atoms with E-state index in [1.165, 1.54) is 70.6 Å². The van der Waals surface area contributed by atoms with Crippen LogP contribution in [0.2, 0.25) is 0 Å². The number of Topliss-reactive ketones (excluding diaryl/α,β-unsaturated/α-hetero) is 1. The summed E-state index contributed by atoms with van der Waals surface area (Å²) < 4.78 is 0. The molecule has 0 aliphatic heterocycles. The van der Waals surface area contributed by atoms with E-state index in [9.17, 15) is 4.79 Å². The van der Waals surface area contributed by atoms with E-state index in [4.69, 9.17) is 0 Å². The molecule has 0 heterocycles. The second-order valence-electron chi connectivity index (χ2n) is 7.98.